The molecule has 1 unspecified atom stereocenters. The highest BCUT2D eigenvalue weighted by molar-refractivity contribution is 6.32. The van der Waals surface area contributed by atoms with Crippen molar-refractivity contribution in [2.75, 3.05) is 27.9 Å². The van der Waals surface area contributed by atoms with Crippen LogP contribution in [0.25, 0.3) is 0 Å². The fraction of sp³-hybridized carbons (Fsp3) is 0.571. The molecule has 1 N–H and O–H groups in total. The molecule has 0 bridgehead atoms. The summed E-state index contributed by atoms with van der Waals surface area (Å²) in [5.41, 5.74) is 0.717. The molecule has 1 aliphatic heterocycles. The van der Waals surface area contributed by atoms with Gasteiger partial charge >= 0.3 is 0 Å². The zero-order valence-electron chi connectivity index (χ0n) is 11.8. The van der Waals surface area contributed by atoms with Crippen LogP contribution in [0.5, 0.6) is 17.2 Å². The van der Waals surface area contributed by atoms with Crippen molar-refractivity contribution in [2.24, 2.45) is 0 Å². The van der Waals surface area contributed by atoms with Crippen LogP contribution in [0.4, 0.5) is 0 Å². The van der Waals surface area contributed by atoms with Crippen molar-refractivity contribution in [3.63, 3.8) is 0 Å². The third-order valence-corrected chi connectivity index (χ3v) is 3.98. The van der Waals surface area contributed by atoms with Crippen molar-refractivity contribution >= 4 is 11.6 Å². The number of nitrogens with one attached hydrogen (secondary N) is 1. The Kier molecular flexibility index (Phi) is 4.11. The highest BCUT2D eigenvalue weighted by Gasteiger charge is 2.38. The lowest BCUT2D eigenvalue weighted by molar-refractivity contribution is 0.318. The molecule has 1 fully saturated rings. The van der Waals surface area contributed by atoms with E-state index in [2.05, 4.69) is 12.2 Å². The Morgan fingerprint density at radius 1 is 1.16 bits per heavy atom. The summed E-state index contributed by atoms with van der Waals surface area (Å²) in [5, 5.41) is 4.04. The Labute approximate surface area is 119 Å². The highest BCUT2D eigenvalue weighted by atomic mass is 35.5. The first-order valence-electron chi connectivity index (χ1n) is 6.31. The van der Waals surface area contributed by atoms with Gasteiger partial charge in [-0.05, 0) is 26.3 Å². The Hall–Kier alpha value is -1.13. The lowest BCUT2D eigenvalue weighted by atomic mass is 9.88. The molecule has 0 radical (unpaired) electrons. The molecule has 1 saturated heterocycles. The number of hydrogen-bond donors (Lipinski definition) is 1. The van der Waals surface area contributed by atoms with E-state index in [0.29, 0.717) is 22.3 Å². The van der Waals surface area contributed by atoms with Gasteiger partial charge in [-0.3, -0.25) is 0 Å². The summed E-state index contributed by atoms with van der Waals surface area (Å²) >= 11 is 6.29. The molecular formula is C14H20ClNO3. The SMILES string of the molecule is COc1cc(Cl)c(OC)c(C2(C)CCCN2)c1OC. The van der Waals surface area contributed by atoms with Gasteiger partial charge in [-0.1, -0.05) is 11.6 Å². The second kappa shape index (κ2) is 5.47. The number of benzene rings is 1. The Balaban J connectivity index is 2.70. The van der Waals surface area contributed by atoms with Gasteiger partial charge in [-0.15, -0.1) is 0 Å². The molecule has 0 aromatic heterocycles. The maximum Gasteiger partial charge on any atom is 0.169 e. The first-order valence-corrected chi connectivity index (χ1v) is 6.69. The molecule has 106 valence electrons. The van der Waals surface area contributed by atoms with Gasteiger partial charge in [0.2, 0.25) is 0 Å². The highest BCUT2D eigenvalue weighted by Crippen LogP contribution is 2.49. The number of hydrogen-bond acceptors (Lipinski definition) is 4. The van der Waals surface area contributed by atoms with Crippen LogP contribution in [-0.2, 0) is 5.54 Å². The summed E-state index contributed by atoms with van der Waals surface area (Å²) in [6.07, 6.45) is 2.11. The molecule has 1 atom stereocenters. The summed E-state index contributed by atoms with van der Waals surface area (Å²) in [7, 11) is 4.86. The van der Waals surface area contributed by atoms with Gasteiger partial charge in [0, 0.05) is 11.6 Å². The van der Waals surface area contributed by atoms with Crippen LogP contribution in [0.15, 0.2) is 6.07 Å². The Morgan fingerprint density at radius 3 is 2.32 bits per heavy atom. The minimum absolute atomic E-state index is 0.213. The van der Waals surface area contributed by atoms with Gasteiger partial charge in [0.05, 0.1) is 31.9 Å². The van der Waals surface area contributed by atoms with Crippen LogP contribution in [-0.4, -0.2) is 27.9 Å². The molecule has 1 aromatic carbocycles. The quantitative estimate of drug-likeness (QED) is 0.923. The number of rotatable bonds is 4. The summed E-state index contributed by atoms with van der Waals surface area (Å²) in [6, 6.07) is 1.72. The largest absolute Gasteiger partial charge is 0.495 e. The summed E-state index contributed by atoms with van der Waals surface area (Å²) in [6.45, 7) is 3.10. The van der Waals surface area contributed by atoms with E-state index in [1.807, 2.05) is 0 Å². The molecule has 5 heteroatoms. The van der Waals surface area contributed by atoms with Crippen LogP contribution in [0.2, 0.25) is 5.02 Å². The zero-order valence-corrected chi connectivity index (χ0v) is 12.6. The number of methoxy groups -OCH3 is 3. The Morgan fingerprint density at radius 2 is 1.84 bits per heavy atom. The molecule has 1 aromatic rings. The number of ether oxygens (including phenoxy) is 3. The summed E-state index contributed by atoms with van der Waals surface area (Å²) in [4.78, 5) is 0. The van der Waals surface area contributed by atoms with Gasteiger partial charge in [-0.2, -0.15) is 0 Å². The maximum absolute atomic E-state index is 6.29. The van der Waals surface area contributed by atoms with Crippen molar-refractivity contribution in [2.45, 2.75) is 25.3 Å². The molecule has 19 heavy (non-hydrogen) atoms. The van der Waals surface area contributed by atoms with Crippen molar-refractivity contribution in [1.29, 1.82) is 0 Å². The average molecular weight is 286 g/mol. The van der Waals surface area contributed by atoms with Gasteiger partial charge in [0.15, 0.2) is 11.5 Å². The van der Waals surface area contributed by atoms with Crippen LogP contribution >= 0.6 is 11.6 Å². The van der Waals surface area contributed by atoms with Crippen molar-refractivity contribution in [3.8, 4) is 17.2 Å². The van der Waals surface area contributed by atoms with E-state index in [1.165, 1.54) is 0 Å². The van der Waals surface area contributed by atoms with Gasteiger partial charge in [0.1, 0.15) is 5.75 Å². The molecule has 1 aliphatic rings. The van der Waals surface area contributed by atoms with Crippen molar-refractivity contribution < 1.29 is 14.2 Å². The Bertz CT molecular complexity index is 470. The molecule has 1 heterocycles. The van der Waals surface area contributed by atoms with E-state index < -0.39 is 0 Å². The predicted octanol–water partition coefficient (Wildman–Crippen LogP) is 2.96. The maximum atomic E-state index is 6.29. The third kappa shape index (κ3) is 2.35. The molecule has 0 saturated carbocycles. The van der Waals surface area contributed by atoms with E-state index in [4.69, 9.17) is 25.8 Å². The molecule has 0 amide bonds. The van der Waals surface area contributed by atoms with E-state index in [9.17, 15) is 0 Å². The van der Waals surface area contributed by atoms with Crippen LogP contribution < -0.4 is 19.5 Å². The normalized spacial score (nSPS) is 22.4. The topological polar surface area (TPSA) is 39.7 Å². The second-order valence-corrected chi connectivity index (χ2v) is 5.27. The average Bonchev–Trinajstić information content (AvgIpc) is 2.85. The molecular weight excluding hydrogens is 266 g/mol. The zero-order chi connectivity index (χ0) is 14.0. The first kappa shape index (κ1) is 14.3. The van der Waals surface area contributed by atoms with Gasteiger partial charge < -0.3 is 19.5 Å². The van der Waals surface area contributed by atoms with Crippen molar-refractivity contribution in [3.05, 3.63) is 16.7 Å². The van der Waals surface area contributed by atoms with Gasteiger partial charge in [0.25, 0.3) is 0 Å². The summed E-state index contributed by atoms with van der Waals surface area (Å²) < 4.78 is 16.4. The van der Waals surface area contributed by atoms with E-state index in [0.717, 1.165) is 24.9 Å². The lowest BCUT2D eigenvalue weighted by Crippen LogP contribution is -2.34. The van der Waals surface area contributed by atoms with E-state index in [-0.39, 0.29) is 5.54 Å². The minimum atomic E-state index is -0.213. The van der Waals surface area contributed by atoms with E-state index in [1.54, 1.807) is 27.4 Å². The third-order valence-electron chi connectivity index (χ3n) is 3.70. The standard InChI is InChI=1S/C14H20ClNO3/c1-14(6-5-7-16-14)11-12(18-3)9(15)8-10(17-2)13(11)19-4/h8,16H,5-7H2,1-4H3. The smallest absolute Gasteiger partial charge is 0.169 e. The minimum Gasteiger partial charge on any atom is -0.495 e. The van der Waals surface area contributed by atoms with E-state index >= 15 is 0 Å². The number of halogens is 1. The monoisotopic (exact) mass is 285 g/mol. The fourth-order valence-electron chi connectivity index (χ4n) is 2.75. The van der Waals surface area contributed by atoms with Crippen LogP contribution in [0.1, 0.15) is 25.3 Å². The first-order chi connectivity index (χ1) is 9.07. The predicted molar refractivity (Wildman–Crippen MR) is 75.7 cm³/mol. The lowest BCUT2D eigenvalue weighted by Gasteiger charge is -2.30. The van der Waals surface area contributed by atoms with Gasteiger partial charge in [-0.25, -0.2) is 0 Å². The fourth-order valence-corrected chi connectivity index (χ4v) is 3.03. The summed E-state index contributed by atoms with van der Waals surface area (Å²) in [5.74, 6) is 1.95. The molecule has 2 rings (SSSR count). The molecule has 0 spiro atoms. The molecule has 4 nitrogen and oxygen atoms in total. The second-order valence-electron chi connectivity index (χ2n) is 4.86. The van der Waals surface area contributed by atoms with Crippen LogP contribution in [0, 0.1) is 0 Å². The van der Waals surface area contributed by atoms with Crippen molar-refractivity contribution in [1.82, 2.24) is 5.32 Å². The molecule has 0 aliphatic carbocycles. The van der Waals surface area contributed by atoms with Crippen LogP contribution in [0.3, 0.4) is 0 Å².